The fourth-order valence-corrected chi connectivity index (χ4v) is 2.94. The maximum Gasteiger partial charge on any atom is 0.0948 e. The van der Waals surface area contributed by atoms with E-state index in [2.05, 4.69) is 29.4 Å². The van der Waals surface area contributed by atoms with Gasteiger partial charge in [0.1, 0.15) is 0 Å². The zero-order valence-electron chi connectivity index (χ0n) is 12.1. The Hall–Kier alpha value is -1.23. The van der Waals surface area contributed by atoms with Crippen LogP contribution in [0.2, 0.25) is 0 Å². The topological polar surface area (TPSA) is 48.1 Å². The molecule has 0 bridgehead atoms. The van der Waals surface area contributed by atoms with Gasteiger partial charge in [-0.05, 0) is 19.8 Å². The lowest BCUT2D eigenvalue weighted by atomic mass is 10.1. The van der Waals surface area contributed by atoms with Gasteiger partial charge in [0.2, 0.25) is 0 Å². The van der Waals surface area contributed by atoms with Gasteiger partial charge in [0.25, 0.3) is 0 Å². The predicted octanol–water partition coefficient (Wildman–Crippen LogP) is 3.50. The van der Waals surface area contributed by atoms with Crippen LogP contribution in [0, 0.1) is 0 Å². The largest absolute Gasteiger partial charge is 0.382 e. The third-order valence-corrected chi connectivity index (χ3v) is 4.28. The first kappa shape index (κ1) is 15.2. The van der Waals surface area contributed by atoms with Crippen LogP contribution in [0.15, 0.2) is 35.7 Å². The lowest BCUT2D eigenvalue weighted by molar-refractivity contribution is 0.107. The van der Waals surface area contributed by atoms with E-state index in [1.807, 2.05) is 18.2 Å². The predicted molar refractivity (Wildman–Crippen MR) is 84.9 cm³/mol. The van der Waals surface area contributed by atoms with E-state index in [-0.39, 0.29) is 12.1 Å². The van der Waals surface area contributed by atoms with Crippen molar-refractivity contribution >= 4 is 11.3 Å². The van der Waals surface area contributed by atoms with E-state index in [0.29, 0.717) is 0 Å². The van der Waals surface area contributed by atoms with Crippen molar-refractivity contribution in [1.82, 2.24) is 4.98 Å². The molecule has 0 aliphatic rings. The number of nitrogens with two attached hydrogens (primary N) is 1. The van der Waals surface area contributed by atoms with E-state index in [1.165, 1.54) is 0 Å². The molecule has 4 heteroatoms. The lowest BCUT2D eigenvalue weighted by Crippen LogP contribution is -2.24. The highest BCUT2D eigenvalue weighted by atomic mass is 32.1. The number of hydrogen-bond acceptors (Lipinski definition) is 4. The van der Waals surface area contributed by atoms with Crippen LogP contribution < -0.4 is 5.73 Å². The molecule has 0 spiro atoms. The lowest BCUT2D eigenvalue weighted by Gasteiger charge is -2.13. The number of hydrogen-bond donors (Lipinski definition) is 1. The van der Waals surface area contributed by atoms with Gasteiger partial charge in [0, 0.05) is 30.5 Å². The number of thiazole rings is 1. The van der Waals surface area contributed by atoms with Crippen molar-refractivity contribution in [1.29, 1.82) is 0 Å². The van der Waals surface area contributed by atoms with Gasteiger partial charge in [-0.15, -0.1) is 11.3 Å². The third kappa shape index (κ3) is 4.40. The SMILES string of the molecule is COC(C)CCC(N)Cc1nc(-c2ccccc2)cs1. The third-order valence-electron chi connectivity index (χ3n) is 3.40. The highest BCUT2D eigenvalue weighted by Crippen LogP contribution is 2.22. The Kier molecular flexibility index (Phi) is 5.71. The molecule has 0 fully saturated rings. The second-order valence-corrected chi connectivity index (χ2v) is 6.02. The molecule has 1 aromatic carbocycles. The highest BCUT2D eigenvalue weighted by molar-refractivity contribution is 7.09. The minimum absolute atomic E-state index is 0.155. The van der Waals surface area contributed by atoms with Gasteiger partial charge in [-0.25, -0.2) is 4.98 Å². The summed E-state index contributed by atoms with van der Waals surface area (Å²) in [6, 6.07) is 10.4. The van der Waals surface area contributed by atoms with E-state index >= 15 is 0 Å². The van der Waals surface area contributed by atoms with Crippen molar-refractivity contribution in [2.24, 2.45) is 5.73 Å². The summed E-state index contributed by atoms with van der Waals surface area (Å²) < 4.78 is 5.24. The molecule has 0 saturated carbocycles. The Bertz CT molecular complexity index is 512. The van der Waals surface area contributed by atoms with Gasteiger partial charge >= 0.3 is 0 Å². The molecule has 0 radical (unpaired) electrons. The van der Waals surface area contributed by atoms with E-state index in [4.69, 9.17) is 10.5 Å². The normalized spacial score (nSPS) is 14.2. The summed E-state index contributed by atoms with van der Waals surface area (Å²) in [5, 5.41) is 3.22. The summed E-state index contributed by atoms with van der Waals surface area (Å²) in [5.74, 6) is 0. The number of rotatable bonds is 7. The molecule has 2 atom stereocenters. The molecule has 0 saturated heterocycles. The Morgan fingerprint density at radius 1 is 1.25 bits per heavy atom. The summed E-state index contributed by atoms with van der Waals surface area (Å²) >= 11 is 1.69. The van der Waals surface area contributed by atoms with E-state index in [9.17, 15) is 0 Å². The second-order valence-electron chi connectivity index (χ2n) is 5.08. The molecule has 2 unspecified atom stereocenters. The number of methoxy groups -OCH3 is 1. The van der Waals surface area contributed by atoms with Crippen molar-refractivity contribution in [2.45, 2.75) is 38.3 Å². The van der Waals surface area contributed by atoms with Gasteiger partial charge in [0.05, 0.1) is 16.8 Å². The number of ether oxygens (including phenoxy) is 1. The summed E-state index contributed by atoms with van der Waals surface area (Å²) in [5.41, 5.74) is 8.38. The molecular formula is C16H22N2OS. The summed E-state index contributed by atoms with van der Waals surface area (Å²) in [6.07, 6.45) is 3.08. The fourth-order valence-electron chi connectivity index (χ4n) is 2.04. The number of nitrogens with zero attached hydrogens (tertiary/aromatic N) is 1. The van der Waals surface area contributed by atoms with Crippen LogP contribution in [-0.2, 0) is 11.2 Å². The van der Waals surface area contributed by atoms with Crippen LogP contribution in [-0.4, -0.2) is 24.2 Å². The van der Waals surface area contributed by atoms with Crippen molar-refractivity contribution in [3.63, 3.8) is 0 Å². The molecule has 108 valence electrons. The fraction of sp³-hybridized carbons (Fsp3) is 0.438. The molecule has 0 amide bonds. The zero-order chi connectivity index (χ0) is 14.4. The number of benzene rings is 1. The Balaban J connectivity index is 1.90. The highest BCUT2D eigenvalue weighted by Gasteiger charge is 2.10. The average Bonchev–Trinajstić information content (AvgIpc) is 2.94. The molecule has 2 N–H and O–H groups in total. The van der Waals surface area contributed by atoms with Crippen molar-refractivity contribution < 1.29 is 4.74 Å². The van der Waals surface area contributed by atoms with Gasteiger partial charge in [0.15, 0.2) is 0 Å². The summed E-state index contributed by atoms with van der Waals surface area (Å²) in [4.78, 5) is 4.68. The van der Waals surface area contributed by atoms with E-state index in [0.717, 1.165) is 35.5 Å². The van der Waals surface area contributed by atoms with Crippen molar-refractivity contribution in [3.05, 3.63) is 40.7 Å². The quantitative estimate of drug-likeness (QED) is 0.849. The Morgan fingerprint density at radius 2 is 2.00 bits per heavy atom. The molecule has 3 nitrogen and oxygen atoms in total. The maximum absolute atomic E-state index is 6.17. The van der Waals surface area contributed by atoms with Gasteiger partial charge in [-0.3, -0.25) is 0 Å². The number of aromatic nitrogens is 1. The van der Waals surface area contributed by atoms with Gasteiger partial charge in [-0.2, -0.15) is 0 Å². The first-order valence-electron chi connectivity index (χ1n) is 6.97. The molecule has 1 heterocycles. The maximum atomic E-state index is 6.17. The average molecular weight is 290 g/mol. The summed E-state index contributed by atoms with van der Waals surface area (Å²) in [6.45, 7) is 2.07. The van der Waals surface area contributed by atoms with E-state index < -0.39 is 0 Å². The van der Waals surface area contributed by atoms with Crippen LogP contribution >= 0.6 is 11.3 Å². The molecule has 20 heavy (non-hydrogen) atoms. The van der Waals surface area contributed by atoms with Crippen LogP contribution in [0.4, 0.5) is 0 Å². The molecular weight excluding hydrogens is 268 g/mol. The zero-order valence-corrected chi connectivity index (χ0v) is 12.9. The standard InChI is InChI=1S/C16H22N2OS/c1-12(19-2)8-9-14(17)10-16-18-15(11-20-16)13-6-4-3-5-7-13/h3-7,11-12,14H,8-10,17H2,1-2H3. The molecule has 1 aromatic heterocycles. The smallest absolute Gasteiger partial charge is 0.0948 e. The van der Waals surface area contributed by atoms with Crippen LogP contribution in [0.5, 0.6) is 0 Å². The molecule has 2 aromatic rings. The minimum Gasteiger partial charge on any atom is -0.382 e. The minimum atomic E-state index is 0.155. The Morgan fingerprint density at radius 3 is 2.70 bits per heavy atom. The van der Waals surface area contributed by atoms with Crippen molar-refractivity contribution in [2.75, 3.05) is 7.11 Å². The van der Waals surface area contributed by atoms with Gasteiger partial charge < -0.3 is 10.5 Å². The van der Waals surface area contributed by atoms with Crippen LogP contribution in [0.3, 0.4) is 0 Å². The van der Waals surface area contributed by atoms with Crippen LogP contribution in [0.1, 0.15) is 24.8 Å². The Labute approximate surface area is 124 Å². The molecule has 0 aliphatic carbocycles. The van der Waals surface area contributed by atoms with E-state index in [1.54, 1.807) is 18.4 Å². The van der Waals surface area contributed by atoms with Crippen molar-refractivity contribution in [3.8, 4) is 11.3 Å². The van der Waals surface area contributed by atoms with Crippen LogP contribution in [0.25, 0.3) is 11.3 Å². The first-order chi connectivity index (χ1) is 9.69. The summed E-state index contributed by atoms with van der Waals surface area (Å²) in [7, 11) is 1.74. The monoisotopic (exact) mass is 290 g/mol. The second kappa shape index (κ2) is 7.53. The molecule has 2 rings (SSSR count). The molecule has 0 aliphatic heterocycles. The van der Waals surface area contributed by atoms with Gasteiger partial charge in [-0.1, -0.05) is 30.3 Å². The first-order valence-corrected chi connectivity index (χ1v) is 7.85.